The number of esters is 1. The number of aromatic nitrogens is 3. The fourth-order valence-electron chi connectivity index (χ4n) is 4.07. The number of ether oxygens (including phenoxy) is 1. The van der Waals surface area contributed by atoms with E-state index in [1.165, 1.54) is 13.2 Å². The number of anilines is 2. The van der Waals surface area contributed by atoms with Crippen molar-refractivity contribution < 1.29 is 17.9 Å². The Labute approximate surface area is 193 Å². The first kappa shape index (κ1) is 22.8. The normalized spacial score (nSPS) is 14.2. The molecule has 0 atom stereocenters. The first-order valence-electron chi connectivity index (χ1n) is 10.9. The third-order valence-electron chi connectivity index (χ3n) is 5.81. The number of nitrogens with one attached hydrogen (secondary N) is 2. The van der Waals surface area contributed by atoms with Crippen LogP contribution in [0.25, 0.3) is 11.3 Å². The quantitative estimate of drug-likeness (QED) is 0.508. The number of carbonyl (C=O) groups is 1. The van der Waals surface area contributed by atoms with Gasteiger partial charge in [-0.3, -0.25) is 4.72 Å². The highest BCUT2D eigenvalue weighted by atomic mass is 32.2. The number of hydrogen-bond acceptors (Lipinski definition) is 7. The van der Waals surface area contributed by atoms with Gasteiger partial charge in [0.05, 0.1) is 35.1 Å². The molecule has 1 aromatic heterocycles. The van der Waals surface area contributed by atoms with Crippen LogP contribution in [0.5, 0.6) is 0 Å². The van der Waals surface area contributed by atoms with E-state index in [4.69, 9.17) is 4.74 Å². The molecule has 9 nitrogen and oxygen atoms in total. The molecule has 0 bridgehead atoms. The lowest BCUT2D eigenvalue weighted by Gasteiger charge is -2.31. The summed E-state index contributed by atoms with van der Waals surface area (Å²) in [4.78, 5) is 14.3. The average molecular weight is 470 g/mol. The molecule has 4 rings (SSSR count). The van der Waals surface area contributed by atoms with Gasteiger partial charge in [-0.2, -0.15) is 15.4 Å². The summed E-state index contributed by atoms with van der Waals surface area (Å²) in [6.07, 6.45) is 5.35. The number of carbonyl (C=O) groups excluding carboxylic acids is 1. The lowest BCUT2D eigenvalue weighted by Crippen LogP contribution is -2.30. The number of sulfonamides is 1. The van der Waals surface area contributed by atoms with Crippen LogP contribution in [0.2, 0.25) is 0 Å². The van der Waals surface area contributed by atoms with Crippen molar-refractivity contribution in [3.05, 3.63) is 53.7 Å². The van der Waals surface area contributed by atoms with Crippen molar-refractivity contribution in [3.8, 4) is 11.3 Å². The number of H-pyrrole nitrogens is 1. The van der Waals surface area contributed by atoms with Crippen molar-refractivity contribution in [2.45, 2.75) is 37.5 Å². The first-order chi connectivity index (χ1) is 15.9. The molecule has 0 saturated carbocycles. The largest absolute Gasteiger partial charge is 0.465 e. The van der Waals surface area contributed by atoms with E-state index in [1.54, 1.807) is 24.4 Å². The van der Waals surface area contributed by atoms with Crippen LogP contribution >= 0.6 is 0 Å². The maximum atomic E-state index is 13.6. The van der Waals surface area contributed by atoms with Gasteiger partial charge in [0.25, 0.3) is 10.0 Å². The molecule has 174 valence electrons. The first-order valence-corrected chi connectivity index (χ1v) is 12.4. The Balaban J connectivity index is 1.78. The highest BCUT2D eigenvalue weighted by Crippen LogP contribution is 2.34. The molecule has 0 spiro atoms. The number of methoxy groups -OCH3 is 1. The summed E-state index contributed by atoms with van der Waals surface area (Å²) in [5.41, 5.74) is 3.42. The minimum absolute atomic E-state index is 0.0596. The molecular weight excluding hydrogens is 442 g/mol. The minimum atomic E-state index is -4.00. The predicted octanol–water partition coefficient (Wildman–Crippen LogP) is 3.61. The van der Waals surface area contributed by atoms with Crippen molar-refractivity contribution >= 4 is 27.4 Å². The van der Waals surface area contributed by atoms with Gasteiger partial charge in [-0.05, 0) is 55.5 Å². The monoisotopic (exact) mass is 469 g/mol. The van der Waals surface area contributed by atoms with Crippen LogP contribution in [0.1, 0.15) is 42.1 Å². The third-order valence-corrected chi connectivity index (χ3v) is 7.25. The number of hydrogen-bond donors (Lipinski definition) is 2. The Hall–Kier alpha value is -3.40. The molecule has 33 heavy (non-hydrogen) atoms. The topological polar surface area (TPSA) is 117 Å². The molecule has 1 fully saturated rings. The van der Waals surface area contributed by atoms with Crippen LogP contribution in [0, 0.1) is 0 Å². The molecule has 10 heteroatoms. The summed E-state index contributed by atoms with van der Waals surface area (Å²) < 4.78 is 34.7. The van der Waals surface area contributed by atoms with Crippen molar-refractivity contribution in [1.82, 2.24) is 15.4 Å². The molecule has 2 N–H and O–H groups in total. The predicted molar refractivity (Wildman–Crippen MR) is 126 cm³/mol. The summed E-state index contributed by atoms with van der Waals surface area (Å²) in [5.74, 6) is -0.587. The van der Waals surface area contributed by atoms with Gasteiger partial charge in [0, 0.05) is 18.7 Å². The van der Waals surface area contributed by atoms with Gasteiger partial charge in [-0.15, -0.1) is 0 Å². The van der Waals surface area contributed by atoms with E-state index < -0.39 is 16.0 Å². The zero-order chi connectivity index (χ0) is 23.4. The van der Waals surface area contributed by atoms with Crippen LogP contribution in [-0.4, -0.2) is 50.0 Å². The molecule has 2 aromatic carbocycles. The molecular formula is C23H27N5O4S. The Kier molecular flexibility index (Phi) is 6.64. The fraction of sp³-hybridized carbons (Fsp3) is 0.348. The molecule has 0 amide bonds. The Bertz CT molecular complexity index is 1240. The average Bonchev–Trinajstić information content (AvgIpc) is 3.38. The van der Waals surface area contributed by atoms with Gasteiger partial charge in [0.1, 0.15) is 5.69 Å². The highest BCUT2D eigenvalue weighted by Gasteiger charge is 2.24. The summed E-state index contributed by atoms with van der Waals surface area (Å²) in [6.45, 7) is 3.59. The SMILES string of the molecule is CCc1ccc(C(=O)OC)cc1S(=O)(=O)Nc1cc(-c2cn[nH]n2)ccc1N1CCCCC1. The van der Waals surface area contributed by atoms with Gasteiger partial charge >= 0.3 is 5.97 Å². The van der Waals surface area contributed by atoms with E-state index in [0.29, 0.717) is 23.4 Å². The van der Waals surface area contributed by atoms with Gasteiger partial charge in [-0.1, -0.05) is 19.1 Å². The third kappa shape index (κ3) is 4.85. The van der Waals surface area contributed by atoms with E-state index >= 15 is 0 Å². The number of piperidine rings is 1. The molecule has 2 heterocycles. The van der Waals surface area contributed by atoms with Gasteiger partial charge in [0.2, 0.25) is 0 Å². The molecule has 1 aliphatic heterocycles. The van der Waals surface area contributed by atoms with Crippen molar-refractivity contribution in [2.24, 2.45) is 0 Å². The van der Waals surface area contributed by atoms with Gasteiger partial charge < -0.3 is 9.64 Å². The van der Waals surface area contributed by atoms with E-state index in [-0.39, 0.29) is 10.5 Å². The standard InChI is InChI=1S/C23H27N5O4S/c1-3-16-7-8-18(23(29)32-2)14-22(16)33(30,31)26-19-13-17(20-15-24-27-25-20)9-10-21(19)28-11-5-4-6-12-28/h7-10,13-15,26H,3-6,11-12H2,1-2H3,(H,24,25,27). The van der Waals surface area contributed by atoms with E-state index in [0.717, 1.165) is 43.6 Å². The molecule has 1 saturated heterocycles. The number of nitrogens with zero attached hydrogens (tertiary/aromatic N) is 3. The van der Waals surface area contributed by atoms with E-state index in [2.05, 4.69) is 25.0 Å². The molecule has 0 radical (unpaired) electrons. The Morgan fingerprint density at radius 1 is 1.15 bits per heavy atom. The Morgan fingerprint density at radius 3 is 2.61 bits per heavy atom. The van der Waals surface area contributed by atoms with E-state index in [1.807, 2.05) is 19.1 Å². The summed E-state index contributed by atoms with van der Waals surface area (Å²) in [6, 6.07) is 10.2. The molecule has 0 unspecified atom stereocenters. The summed E-state index contributed by atoms with van der Waals surface area (Å²) >= 11 is 0. The lowest BCUT2D eigenvalue weighted by atomic mass is 10.1. The minimum Gasteiger partial charge on any atom is -0.465 e. The van der Waals surface area contributed by atoms with E-state index in [9.17, 15) is 13.2 Å². The second-order valence-electron chi connectivity index (χ2n) is 7.91. The van der Waals surface area contributed by atoms with Crippen molar-refractivity contribution in [3.63, 3.8) is 0 Å². The van der Waals surface area contributed by atoms with Crippen LogP contribution in [-0.2, 0) is 21.2 Å². The highest BCUT2D eigenvalue weighted by molar-refractivity contribution is 7.92. The van der Waals surface area contributed by atoms with Gasteiger partial charge in [0.15, 0.2) is 0 Å². The molecule has 3 aromatic rings. The summed E-state index contributed by atoms with van der Waals surface area (Å²) in [7, 11) is -2.73. The number of aryl methyl sites for hydroxylation is 1. The van der Waals surface area contributed by atoms with Crippen LogP contribution in [0.3, 0.4) is 0 Å². The van der Waals surface area contributed by atoms with Crippen LogP contribution in [0.4, 0.5) is 11.4 Å². The smallest absolute Gasteiger partial charge is 0.337 e. The van der Waals surface area contributed by atoms with Crippen molar-refractivity contribution in [1.29, 1.82) is 0 Å². The lowest BCUT2D eigenvalue weighted by molar-refractivity contribution is 0.0600. The number of benzene rings is 2. The molecule has 0 aliphatic carbocycles. The van der Waals surface area contributed by atoms with Crippen LogP contribution in [0.15, 0.2) is 47.5 Å². The Morgan fingerprint density at radius 2 is 1.94 bits per heavy atom. The zero-order valence-electron chi connectivity index (χ0n) is 18.7. The fourth-order valence-corrected chi connectivity index (χ4v) is 5.47. The number of rotatable bonds is 7. The van der Waals surface area contributed by atoms with Gasteiger partial charge in [-0.25, -0.2) is 13.2 Å². The van der Waals surface area contributed by atoms with Crippen molar-refractivity contribution in [2.75, 3.05) is 29.8 Å². The second kappa shape index (κ2) is 9.62. The maximum absolute atomic E-state index is 13.6. The van der Waals surface area contributed by atoms with Crippen LogP contribution < -0.4 is 9.62 Å². The summed E-state index contributed by atoms with van der Waals surface area (Å²) in [5, 5.41) is 10.5. The maximum Gasteiger partial charge on any atom is 0.337 e. The second-order valence-corrected chi connectivity index (χ2v) is 9.56. The molecule has 1 aliphatic rings. The zero-order valence-corrected chi connectivity index (χ0v) is 19.5. The number of aromatic amines is 1.